The normalized spacial score (nSPS) is 11.3. The summed E-state index contributed by atoms with van der Waals surface area (Å²) in [6, 6.07) is 8.50. The molecular weight excluding hydrogens is 404 g/mol. The van der Waals surface area contributed by atoms with Gasteiger partial charge in [-0.1, -0.05) is 12.1 Å². The maximum Gasteiger partial charge on any atom is 0.262 e. The quantitative estimate of drug-likeness (QED) is 0.615. The van der Waals surface area contributed by atoms with Gasteiger partial charge in [-0.2, -0.15) is 0 Å². The fourth-order valence-corrected chi connectivity index (χ4v) is 3.78. The van der Waals surface area contributed by atoms with E-state index in [-0.39, 0.29) is 11.5 Å². The molecule has 0 atom stereocenters. The summed E-state index contributed by atoms with van der Waals surface area (Å²) in [5.74, 6) is 0.555. The first-order valence-corrected chi connectivity index (χ1v) is 10.8. The lowest BCUT2D eigenvalue weighted by molar-refractivity contribution is -0.118. The highest BCUT2D eigenvalue weighted by Gasteiger charge is 2.20. The molecular formula is C22H28N2O5S. The van der Waals surface area contributed by atoms with Crippen LogP contribution in [0.3, 0.4) is 0 Å². The average molecular weight is 433 g/mol. The Balaban J connectivity index is 2.17. The van der Waals surface area contributed by atoms with E-state index in [1.807, 2.05) is 19.1 Å². The molecule has 0 spiro atoms. The third kappa shape index (κ3) is 5.40. The van der Waals surface area contributed by atoms with E-state index in [4.69, 9.17) is 9.47 Å². The van der Waals surface area contributed by atoms with E-state index in [0.717, 1.165) is 21.0 Å². The van der Waals surface area contributed by atoms with Gasteiger partial charge in [-0.05, 0) is 61.2 Å². The Morgan fingerprint density at radius 1 is 1.17 bits per heavy atom. The number of carbonyl (C=O) groups excluding carboxylic acids is 1. The van der Waals surface area contributed by atoms with Crippen LogP contribution in [-0.2, 0) is 21.2 Å². The Morgan fingerprint density at radius 3 is 2.47 bits per heavy atom. The molecule has 0 aliphatic rings. The monoisotopic (exact) mass is 432 g/mol. The van der Waals surface area contributed by atoms with Gasteiger partial charge in [0.25, 0.3) is 5.91 Å². The summed E-state index contributed by atoms with van der Waals surface area (Å²) < 4.78 is 37.0. The molecule has 0 radical (unpaired) electrons. The molecule has 0 unspecified atom stereocenters. The fourth-order valence-electron chi connectivity index (χ4n) is 2.77. The Morgan fingerprint density at radius 2 is 1.87 bits per heavy atom. The van der Waals surface area contributed by atoms with E-state index in [0.29, 0.717) is 23.6 Å². The lowest BCUT2D eigenvalue weighted by Gasteiger charge is -2.17. The Bertz CT molecular complexity index is 1050. The third-order valence-electron chi connectivity index (χ3n) is 4.66. The standard InChI is InChI=1S/C22H28N2O5S/c1-7-8-17-9-10-20(21(12-17)28-6)29-14-22(25)23-19-13-18(11-15(2)16(19)3)30(26,27)24(4)5/h7,9-13H,1,8,14H2,2-6H3,(H,23,25). The molecule has 162 valence electrons. The molecule has 2 aromatic rings. The number of nitrogens with zero attached hydrogens (tertiary/aromatic N) is 1. The van der Waals surface area contributed by atoms with Crippen molar-refractivity contribution in [3.8, 4) is 11.5 Å². The summed E-state index contributed by atoms with van der Waals surface area (Å²) in [6.07, 6.45) is 2.49. The lowest BCUT2D eigenvalue weighted by atomic mass is 10.1. The molecule has 0 fully saturated rings. The summed E-state index contributed by atoms with van der Waals surface area (Å²) >= 11 is 0. The van der Waals surface area contributed by atoms with Crippen LogP contribution in [0.15, 0.2) is 47.9 Å². The molecule has 0 heterocycles. The lowest BCUT2D eigenvalue weighted by Crippen LogP contribution is -2.24. The topological polar surface area (TPSA) is 84.9 Å². The fraction of sp³-hybridized carbons (Fsp3) is 0.318. The van der Waals surface area contributed by atoms with E-state index in [1.54, 1.807) is 25.1 Å². The molecule has 7 nitrogen and oxygen atoms in total. The van der Waals surface area contributed by atoms with E-state index >= 15 is 0 Å². The van der Waals surface area contributed by atoms with Gasteiger partial charge in [-0.15, -0.1) is 6.58 Å². The molecule has 2 rings (SSSR count). The highest BCUT2D eigenvalue weighted by molar-refractivity contribution is 7.89. The minimum atomic E-state index is -3.62. The molecule has 0 aliphatic heterocycles. The summed E-state index contributed by atoms with van der Waals surface area (Å²) in [5.41, 5.74) is 2.99. The average Bonchev–Trinajstić information content (AvgIpc) is 2.70. The van der Waals surface area contributed by atoms with Crippen LogP contribution in [0, 0.1) is 13.8 Å². The smallest absolute Gasteiger partial charge is 0.262 e. The van der Waals surface area contributed by atoms with Gasteiger partial charge in [0.1, 0.15) is 0 Å². The summed E-state index contributed by atoms with van der Waals surface area (Å²) in [7, 11) is 0.835. The van der Waals surface area contributed by atoms with Crippen LogP contribution in [0.1, 0.15) is 16.7 Å². The van der Waals surface area contributed by atoms with Gasteiger partial charge in [0, 0.05) is 19.8 Å². The van der Waals surface area contributed by atoms with Crippen molar-refractivity contribution in [2.75, 3.05) is 33.1 Å². The number of allylic oxidation sites excluding steroid dienone is 1. The SMILES string of the molecule is C=CCc1ccc(OCC(=O)Nc2cc(S(=O)(=O)N(C)C)cc(C)c2C)c(OC)c1. The van der Waals surface area contributed by atoms with Gasteiger partial charge in [0.2, 0.25) is 10.0 Å². The largest absolute Gasteiger partial charge is 0.493 e. The van der Waals surface area contributed by atoms with Crippen LogP contribution < -0.4 is 14.8 Å². The zero-order valence-corrected chi connectivity index (χ0v) is 18.8. The molecule has 0 saturated heterocycles. The van der Waals surface area contributed by atoms with Crippen molar-refractivity contribution >= 4 is 21.6 Å². The predicted molar refractivity (Wildman–Crippen MR) is 118 cm³/mol. The summed E-state index contributed by atoms with van der Waals surface area (Å²) in [4.78, 5) is 12.6. The Kier molecular flexibility index (Phi) is 7.64. The number of rotatable bonds is 9. The molecule has 0 saturated carbocycles. The van der Waals surface area contributed by atoms with Crippen molar-refractivity contribution in [3.63, 3.8) is 0 Å². The second kappa shape index (κ2) is 9.77. The molecule has 0 aromatic heterocycles. The predicted octanol–water partition coefficient (Wildman–Crippen LogP) is 3.31. The van der Waals surface area contributed by atoms with Crippen molar-refractivity contribution in [1.29, 1.82) is 0 Å². The van der Waals surface area contributed by atoms with Crippen LogP contribution in [-0.4, -0.2) is 46.4 Å². The van der Waals surface area contributed by atoms with Crippen LogP contribution in [0.2, 0.25) is 0 Å². The molecule has 0 bridgehead atoms. The van der Waals surface area contributed by atoms with Gasteiger partial charge in [0.15, 0.2) is 18.1 Å². The number of benzene rings is 2. The van der Waals surface area contributed by atoms with Crippen molar-refractivity contribution in [1.82, 2.24) is 4.31 Å². The maximum atomic E-state index is 12.5. The first-order valence-electron chi connectivity index (χ1n) is 9.34. The van der Waals surface area contributed by atoms with Gasteiger partial charge < -0.3 is 14.8 Å². The minimum Gasteiger partial charge on any atom is -0.493 e. The van der Waals surface area contributed by atoms with Gasteiger partial charge in [0.05, 0.1) is 12.0 Å². The molecule has 2 aromatic carbocycles. The van der Waals surface area contributed by atoms with E-state index < -0.39 is 15.9 Å². The first-order chi connectivity index (χ1) is 14.1. The maximum absolute atomic E-state index is 12.5. The van der Waals surface area contributed by atoms with Gasteiger partial charge >= 0.3 is 0 Å². The van der Waals surface area contributed by atoms with Gasteiger partial charge in [-0.25, -0.2) is 12.7 Å². The Hall–Kier alpha value is -2.84. The number of anilines is 1. The number of aryl methyl sites for hydroxylation is 1. The molecule has 0 aliphatic carbocycles. The summed E-state index contributed by atoms with van der Waals surface area (Å²) in [6.45, 7) is 7.08. The molecule has 30 heavy (non-hydrogen) atoms. The number of nitrogens with one attached hydrogen (secondary N) is 1. The number of methoxy groups -OCH3 is 1. The molecule has 1 N–H and O–H groups in total. The second-order valence-electron chi connectivity index (χ2n) is 7.02. The van der Waals surface area contributed by atoms with Gasteiger partial charge in [-0.3, -0.25) is 4.79 Å². The minimum absolute atomic E-state index is 0.117. The van der Waals surface area contributed by atoms with Crippen molar-refractivity contribution in [2.24, 2.45) is 0 Å². The molecule has 1 amide bonds. The highest BCUT2D eigenvalue weighted by Crippen LogP contribution is 2.29. The first kappa shape index (κ1) is 23.4. The third-order valence-corrected chi connectivity index (χ3v) is 6.45. The van der Waals surface area contributed by atoms with Crippen molar-refractivity contribution in [2.45, 2.75) is 25.2 Å². The summed E-state index contributed by atoms with van der Waals surface area (Å²) in [5, 5.41) is 2.74. The van der Waals surface area contributed by atoms with Crippen LogP contribution in [0.5, 0.6) is 11.5 Å². The zero-order valence-electron chi connectivity index (χ0n) is 18.0. The number of sulfonamides is 1. The van der Waals surface area contributed by atoms with E-state index in [2.05, 4.69) is 11.9 Å². The number of carbonyl (C=O) groups is 1. The van der Waals surface area contributed by atoms with Crippen LogP contribution in [0.4, 0.5) is 5.69 Å². The van der Waals surface area contributed by atoms with Crippen LogP contribution in [0.25, 0.3) is 0 Å². The Labute approximate surface area is 178 Å². The van der Waals surface area contributed by atoms with Crippen molar-refractivity contribution in [3.05, 3.63) is 59.7 Å². The number of hydrogen-bond acceptors (Lipinski definition) is 5. The second-order valence-corrected chi connectivity index (χ2v) is 9.17. The van der Waals surface area contributed by atoms with E-state index in [9.17, 15) is 13.2 Å². The van der Waals surface area contributed by atoms with Crippen LogP contribution >= 0.6 is 0 Å². The number of hydrogen-bond donors (Lipinski definition) is 1. The number of amides is 1. The zero-order chi connectivity index (χ0) is 22.5. The molecule has 8 heteroatoms. The highest BCUT2D eigenvalue weighted by atomic mass is 32.2. The number of ether oxygens (including phenoxy) is 2. The van der Waals surface area contributed by atoms with E-state index in [1.165, 1.54) is 27.3 Å². The van der Waals surface area contributed by atoms with Crippen molar-refractivity contribution < 1.29 is 22.7 Å².